The average molecular weight is 326 g/mol. The van der Waals surface area contributed by atoms with E-state index in [9.17, 15) is 4.79 Å². The summed E-state index contributed by atoms with van der Waals surface area (Å²) in [6.45, 7) is 2.29. The smallest absolute Gasteiger partial charge is 0.241 e. The third-order valence-corrected chi connectivity index (χ3v) is 5.35. The highest BCUT2D eigenvalue weighted by atomic mass is 32.2. The molecule has 0 spiro atoms. The fourth-order valence-electron chi connectivity index (χ4n) is 3.43. The van der Waals surface area contributed by atoms with Crippen molar-refractivity contribution in [1.82, 2.24) is 19.7 Å². The van der Waals surface area contributed by atoms with Crippen molar-refractivity contribution in [2.75, 3.05) is 5.75 Å². The second-order valence-electron chi connectivity index (χ2n) is 6.10. The number of para-hydroxylation sites is 1. The number of hydrogen-bond acceptors (Lipinski definition) is 4. The van der Waals surface area contributed by atoms with E-state index in [2.05, 4.69) is 40.3 Å². The number of thioether (sulfide) groups is 1. The Balaban J connectivity index is 1.72. The van der Waals surface area contributed by atoms with Crippen LogP contribution in [0.2, 0.25) is 0 Å². The van der Waals surface area contributed by atoms with E-state index in [4.69, 9.17) is 0 Å². The number of carbonyl (C=O) groups excluding carboxylic acids is 1. The first-order chi connectivity index (χ1) is 11.2. The second kappa shape index (κ2) is 5.85. The Labute approximate surface area is 138 Å². The summed E-state index contributed by atoms with van der Waals surface area (Å²) in [5.41, 5.74) is 3.60. The fraction of sp³-hybridized carbons (Fsp3) is 0.353. The number of benzene rings is 1. The number of aromatic amines is 1. The molecule has 1 N–H and O–H groups in total. The van der Waals surface area contributed by atoms with E-state index in [1.807, 2.05) is 10.6 Å². The van der Waals surface area contributed by atoms with Gasteiger partial charge in [-0.15, -0.1) is 0 Å². The van der Waals surface area contributed by atoms with Gasteiger partial charge < -0.3 is 0 Å². The number of rotatable bonds is 3. The zero-order valence-corrected chi connectivity index (χ0v) is 13.8. The molecule has 5 nitrogen and oxygen atoms in total. The van der Waals surface area contributed by atoms with E-state index >= 15 is 0 Å². The van der Waals surface area contributed by atoms with Crippen LogP contribution in [0.15, 0.2) is 35.7 Å². The van der Waals surface area contributed by atoms with Gasteiger partial charge in [-0.1, -0.05) is 36.9 Å². The maximum Gasteiger partial charge on any atom is 0.241 e. The van der Waals surface area contributed by atoms with Crippen LogP contribution >= 0.6 is 11.8 Å². The minimum absolute atomic E-state index is 0.110. The number of hydrogen-bond donors (Lipinski definition) is 1. The predicted octanol–water partition coefficient (Wildman–Crippen LogP) is 3.32. The number of carbonyl (C=O) groups is 1. The van der Waals surface area contributed by atoms with Crippen molar-refractivity contribution in [2.24, 2.45) is 5.92 Å². The van der Waals surface area contributed by atoms with Gasteiger partial charge in [-0.3, -0.25) is 14.5 Å². The van der Waals surface area contributed by atoms with E-state index < -0.39 is 0 Å². The van der Waals surface area contributed by atoms with Crippen LogP contribution in [0.1, 0.15) is 29.4 Å². The van der Waals surface area contributed by atoms with Gasteiger partial charge in [0.05, 0.1) is 11.3 Å². The lowest BCUT2D eigenvalue weighted by Gasteiger charge is -2.20. The molecule has 2 aromatic heterocycles. The van der Waals surface area contributed by atoms with E-state index in [1.54, 1.807) is 0 Å². The zero-order chi connectivity index (χ0) is 15.8. The van der Waals surface area contributed by atoms with E-state index in [1.165, 1.54) is 34.7 Å². The van der Waals surface area contributed by atoms with E-state index in [0.717, 1.165) is 24.8 Å². The summed E-state index contributed by atoms with van der Waals surface area (Å²) in [6, 6.07) is 8.25. The van der Waals surface area contributed by atoms with Crippen molar-refractivity contribution >= 4 is 28.6 Å². The summed E-state index contributed by atoms with van der Waals surface area (Å²) in [5, 5.41) is 8.51. The molecule has 0 radical (unpaired) electrons. The van der Waals surface area contributed by atoms with Gasteiger partial charge in [0.1, 0.15) is 6.33 Å². The average Bonchev–Trinajstić information content (AvgIpc) is 3.18. The zero-order valence-electron chi connectivity index (χ0n) is 13.0. The van der Waals surface area contributed by atoms with E-state index in [-0.39, 0.29) is 5.91 Å². The van der Waals surface area contributed by atoms with Gasteiger partial charge in [-0.2, -0.15) is 5.10 Å². The van der Waals surface area contributed by atoms with Crippen molar-refractivity contribution in [3.05, 3.63) is 41.9 Å². The van der Waals surface area contributed by atoms with E-state index in [0.29, 0.717) is 16.8 Å². The molecule has 118 valence electrons. The molecule has 2 heterocycles. The molecule has 1 aromatic carbocycles. The Morgan fingerprint density at radius 1 is 1.43 bits per heavy atom. The first kappa shape index (κ1) is 14.5. The van der Waals surface area contributed by atoms with Crippen molar-refractivity contribution in [3.8, 4) is 0 Å². The van der Waals surface area contributed by atoms with Crippen LogP contribution in [-0.4, -0.2) is 31.4 Å². The molecule has 6 heteroatoms. The fourth-order valence-corrected chi connectivity index (χ4v) is 4.06. The number of nitrogens with zero attached hydrogens (tertiary/aromatic N) is 3. The minimum atomic E-state index is 0.110. The van der Waals surface area contributed by atoms with Crippen LogP contribution in [0.4, 0.5) is 0 Å². The van der Waals surface area contributed by atoms with Crippen LogP contribution in [-0.2, 0) is 12.8 Å². The number of nitrogens with one attached hydrogen (secondary N) is 1. The lowest BCUT2D eigenvalue weighted by atomic mass is 9.88. The third-order valence-electron chi connectivity index (χ3n) is 4.49. The largest absolute Gasteiger partial charge is 0.283 e. The third kappa shape index (κ3) is 2.57. The molecule has 3 aromatic rings. The number of aromatic nitrogens is 4. The van der Waals surface area contributed by atoms with Gasteiger partial charge >= 0.3 is 0 Å². The molecule has 0 saturated heterocycles. The van der Waals surface area contributed by atoms with Crippen molar-refractivity contribution in [1.29, 1.82) is 0 Å². The SMILES string of the molecule is CC1CCc2c(c3ccccc3n2C(=O)CSc2ncn[nH]2)C1. The molecule has 0 fully saturated rings. The topological polar surface area (TPSA) is 63.6 Å². The van der Waals surface area contributed by atoms with Gasteiger partial charge in [-0.25, -0.2) is 4.98 Å². The summed E-state index contributed by atoms with van der Waals surface area (Å²) in [7, 11) is 0. The van der Waals surface area contributed by atoms with Crippen LogP contribution in [0.25, 0.3) is 10.9 Å². The molecular formula is C17H18N4OS. The molecule has 4 rings (SSSR count). The molecule has 1 unspecified atom stereocenters. The van der Waals surface area contributed by atoms with Crippen molar-refractivity contribution < 1.29 is 4.79 Å². The quantitative estimate of drug-likeness (QED) is 0.750. The van der Waals surface area contributed by atoms with Gasteiger partial charge in [0.15, 0.2) is 5.16 Å². The predicted molar refractivity (Wildman–Crippen MR) is 90.9 cm³/mol. The Kier molecular flexibility index (Phi) is 3.69. The molecule has 0 bridgehead atoms. The first-order valence-corrected chi connectivity index (χ1v) is 8.85. The maximum absolute atomic E-state index is 12.8. The molecule has 0 amide bonds. The molecule has 23 heavy (non-hydrogen) atoms. The Hall–Kier alpha value is -2.08. The van der Waals surface area contributed by atoms with Gasteiger partial charge in [0, 0.05) is 11.1 Å². The first-order valence-electron chi connectivity index (χ1n) is 7.86. The Bertz CT molecular complexity index is 853. The second-order valence-corrected chi connectivity index (χ2v) is 7.06. The monoisotopic (exact) mass is 326 g/mol. The molecule has 0 saturated carbocycles. The summed E-state index contributed by atoms with van der Waals surface area (Å²) < 4.78 is 1.93. The number of fused-ring (bicyclic) bond motifs is 3. The lowest BCUT2D eigenvalue weighted by Crippen LogP contribution is -2.20. The normalized spacial score (nSPS) is 17.3. The van der Waals surface area contributed by atoms with Crippen molar-refractivity contribution in [2.45, 2.75) is 31.3 Å². The summed E-state index contributed by atoms with van der Waals surface area (Å²) in [5.74, 6) is 1.15. The standard InChI is InChI=1S/C17H18N4OS/c1-11-6-7-15-13(8-11)12-4-2-3-5-14(12)21(15)16(22)9-23-17-18-10-19-20-17/h2-5,10-11H,6-9H2,1H3,(H,18,19,20). The summed E-state index contributed by atoms with van der Waals surface area (Å²) in [4.78, 5) is 16.9. The van der Waals surface area contributed by atoms with Gasteiger partial charge in [-0.05, 0) is 36.8 Å². The number of H-pyrrole nitrogens is 1. The summed E-state index contributed by atoms with van der Waals surface area (Å²) in [6.07, 6.45) is 4.64. The van der Waals surface area contributed by atoms with Crippen LogP contribution in [0, 0.1) is 5.92 Å². The highest BCUT2D eigenvalue weighted by molar-refractivity contribution is 7.99. The van der Waals surface area contributed by atoms with Crippen LogP contribution in [0.5, 0.6) is 0 Å². The van der Waals surface area contributed by atoms with Crippen LogP contribution in [0.3, 0.4) is 0 Å². The molecule has 1 aliphatic carbocycles. The highest BCUT2D eigenvalue weighted by Gasteiger charge is 2.25. The Morgan fingerprint density at radius 3 is 3.13 bits per heavy atom. The molecule has 1 aliphatic rings. The van der Waals surface area contributed by atoms with Gasteiger partial charge in [0.25, 0.3) is 0 Å². The minimum Gasteiger partial charge on any atom is -0.283 e. The molecule has 0 aliphatic heterocycles. The highest BCUT2D eigenvalue weighted by Crippen LogP contribution is 2.34. The molecular weight excluding hydrogens is 308 g/mol. The van der Waals surface area contributed by atoms with Gasteiger partial charge in [0.2, 0.25) is 5.91 Å². The lowest BCUT2D eigenvalue weighted by molar-refractivity contribution is 0.0943. The Morgan fingerprint density at radius 2 is 2.30 bits per heavy atom. The van der Waals surface area contributed by atoms with Crippen LogP contribution < -0.4 is 0 Å². The maximum atomic E-state index is 12.8. The molecule has 1 atom stereocenters. The van der Waals surface area contributed by atoms with Crippen molar-refractivity contribution in [3.63, 3.8) is 0 Å². The summed E-state index contributed by atoms with van der Waals surface area (Å²) >= 11 is 1.39.